The largest absolute Gasteiger partial charge is 0.323 e. The predicted molar refractivity (Wildman–Crippen MR) is 64.1 cm³/mol. The summed E-state index contributed by atoms with van der Waals surface area (Å²) in [6, 6.07) is 7.76. The second kappa shape index (κ2) is 3.80. The van der Waals surface area contributed by atoms with Gasteiger partial charge in [0.2, 0.25) is 0 Å². The normalized spacial score (nSPS) is 13.1. The molecule has 1 heterocycles. The molecule has 0 aliphatic rings. The van der Waals surface area contributed by atoms with E-state index in [1.54, 1.807) is 0 Å². The van der Waals surface area contributed by atoms with Gasteiger partial charge in [-0.25, -0.2) is 4.98 Å². The number of para-hydroxylation sites is 1. The number of benzene rings is 1. The van der Waals surface area contributed by atoms with E-state index in [2.05, 4.69) is 4.98 Å². The van der Waals surface area contributed by atoms with Gasteiger partial charge in [-0.1, -0.05) is 23.7 Å². The van der Waals surface area contributed by atoms with Crippen molar-refractivity contribution in [3.8, 4) is 0 Å². The third-order valence-electron chi connectivity index (χ3n) is 2.48. The van der Waals surface area contributed by atoms with Crippen LogP contribution in [0.5, 0.6) is 0 Å². The van der Waals surface area contributed by atoms with Crippen LogP contribution in [0.25, 0.3) is 10.9 Å². The number of rotatable bonds is 1. The van der Waals surface area contributed by atoms with E-state index in [9.17, 15) is 0 Å². The Morgan fingerprint density at radius 2 is 2.13 bits per heavy atom. The maximum Gasteiger partial charge on any atom is 0.0894 e. The molecule has 0 saturated carbocycles. The standard InChI is InChI=1S/C12H13ClN2/c1-7-6-11(8(2)14)15-12-9(7)4-3-5-10(12)13/h3-6,8H,14H2,1-2H3. The molecule has 1 unspecified atom stereocenters. The SMILES string of the molecule is Cc1cc(C(C)N)nc2c(Cl)cccc12. The fourth-order valence-corrected chi connectivity index (χ4v) is 1.86. The van der Waals surface area contributed by atoms with Crippen molar-refractivity contribution in [1.29, 1.82) is 0 Å². The van der Waals surface area contributed by atoms with E-state index >= 15 is 0 Å². The van der Waals surface area contributed by atoms with E-state index in [4.69, 9.17) is 17.3 Å². The van der Waals surface area contributed by atoms with Crippen LogP contribution in [0.1, 0.15) is 24.2 Å². The van der Waals surface area contributed by atoms with E-state index in [1.165, 1.54) is 0 Å². The van der Waals surface area contributed by atoms with Crippen molar-refractivity contribution in [3.63, 3.8) is 0 Å². The summed E-state index contributed by atoms with van der Waals surface area (Å²) in [4.78, 5) is 4.48. The molecule has 0 saturated heterocycles. The van der Waals surface area contributed by atoms with Gasteiger partial charge >= 0.3 is 0 Å². The van der Waals surface area contributed by atoms with Gasteiger partial charge in [-0.3, -0.25) is 0 Å². The smallest absolute Gasteiger partial charge is 0.0894 e. The topological polar surface area (TPSA) is 38.9 Å². The molecule has 0 bridgehead atoms. The van der Waals surface area contributed by atoms with Gasteiger partial charge in [0.1, 0.15) is 0 Å². The van der Waals surface area contributed by atoms with Crippen molar-refractivity contribution in [3.05, 3.63) is 40.5 Å². The van der Waals surface area contributed by atoms with Gasteiger partial charge < -0.3 is 5.73 Å². The maximum absolute atomic E-state index is 6.10. The van der Waals surface area contributed by atoms with Crippen LogP contribution in [0.3, 0.4) is 0 Å². The van der Waals surface area contributed by atoms with Crippen LogP contribution in [-0.2, 0) is 0 Å². The lowest BCUT2D eigenvalue weighted by atomic mass is 10.1. The van der Waals surface area contributed by atoms with Crippen LogP contribution in [0, 0.1) is 6.92 Å². The number of nitrogens with zero attached hydrogens (tertiary/aromatic N) is 1. The van der Waals surface area contributed by atoms with Gasteiger partial charge in [-0.05, 0) is 31.5 Å². The first-order valence-corrected chi connectivity index (χ1v) is 5.28. The first kappa shape index (κ1) is 10.4. The average Bonchev–Trinajstić information content (AvgIpc) is 2.19. The molecule has 0 spiro atoms. The number of pyridine rings is 1. The number of hydrogen-bond donors (Lipinski definition) is 1. The predicted octanol–water partition coefficient (Wildman–Crippen LogP) is 3.22. The Morgan fingerprint density at radius 3 is 2.80 bits per heavy atom. The second-order valence-corrected chi connectivity index (χ2v) is 4.20. The molecule has 2 nitrogen and oxygen atoms in total. The van der Waals surface area contributed by atoms with Crippen molar-refractivity contribution in [2.45, 2.75) is 19.9 Å². The molecule has 0 fully saturated rings. The molecule has 0 aliphatic heterocycles. The highest BCUT2D eigenvalue weighted by molar-refractivity contribution is 6.35. The molecule has 1 aromatic carbocycles. The monoisotopic (exact) mass is 220 g/mol. The summed E-state index contributed by atoms with van der Waals surface area (Å²) >= 11 is 6.10. The Labute approximate surface area is 94.1 Å². The molecule has 0 radical (unpaired) electrons. The Hall–Kier alpha value is -1.12. The molecule has 1 atom stereocenters. The number of fused-ring (bicyclic) bond motifs is 1. The summed E-state index contributed by atoms with van der Waals surface area (Å²) in [6.07, 6.45) is 0. The summed E-state index contributed by atoms with van der Waals surface area (Å²) in [5, 5.41) is 1.77. The molecule has 15 heavy (non-hydrogen) atoms. The summed E-state index contributed by atoms with van der Waals surface area (Å²) in [5.41, 5.74) is 8.70. The fraction of sp³-hybridized carbons (Fsp3) is 0.250. The lowest BCUT2D eigenvalue weighted by Crippen LogP contribution is -2.07. The van der Waals surface area contributed by atoms with Crippen molar-refractivity contribution < 1.29 is 0 Å². The van der Waals surface area contributed by atoms with Crippen molar-refractivity contribution in [2.24, 2.45) is 5.73 Å². The van der Waals surface area contributed by atoms with Gasteiger partial charge in [0.05, 0.1) is 16.2 Å². The molecule has 78 valence electrons. The van der Waals surface area contributed by atoms with Crippen LogP contribution < -0.4 is 5.73 Å². The lowest BCUT2D eigenvalue weighted by molar-refractivity contribution is 0.785. The molecule has 2 rings (SSSR count). The molecule has 2 N–H and O–H groups in total. The zero-order chi connectivity index (χ0) is 11.0. The minimum atomic E-state index is -0.0654. The number of aryl methyl sites for hydroxylation is 1. The van der Waals surface area contributed by atoms with Gasteiger partial charge in [0, 0.05) is 11.4 Å². The van der Waals surface area contributed by atoms with Crippen LogP contribution in [-0.4, -0.2) is 4.98 Å². The van der Waals surface area contributed by atoms with E-state index in [1.807, 2.05) is 38.1 Å². The van der Waals surface area contributed by atoms with Crippen LogP contribution in [0.15, 0.2) is 24.3 Å². The maximum atomic E-state index is 6.10. The summed E-state index contributed by atoms with van der Waals surface area (Å²) in [5.74, 6) is 0. The summed E-state index contributed by atoms with van der Waals surface area (Å²) in [6.45, 7) is 3.97. The molecule has 3 heteroatoms. The molecule has 2 aromatic rings. The lowest BCUT2D eigenvalue weighted by Gasteiger charge is -2.09. The van der Waals surface area contributed by atoms with Crippen LogP contribution in [0.4, 0.5) is 0 Å². The minimum Gasteiger partial charge on any atom is -0.323 e. The second-order valence-electron chi connectivity index (χ2n) is 3.79. The highest BCUT2D eigenvalue weighted by atomic mass is 35.5. The number of halogens is 1. The van der Waals surface area contributed by atoms with E-state index in [-0.39, 0.29) is 6.04 Å². The van der Waals surface area contributed by atoms with Crippen molar-refractivity contribution in [1.82, 2.24) is 4.98 Å². The van der Waals surface area contributed by atoms with Gasteiger partial charge in [-0.15, -0.1) is 0 Å². The fourth-order valence-electron chi connectivity index (χ4n) is 1.64. The number of nitrogens with two attached hydrogens (primary N) is 1. The third-order valence-corrected chi connectivity index (χ3v) is 2.79. The zero-order valence-electron chi connectivity index (χ0n) is 8.79. The Balaban J connectivity index is 2.80. The van der Waals surface area contributed by atoms with Crippen molar-refractivity contribution in [2.75, 3.05) is 0 Å². The summed E-state index contributed by atoms with van der Waals surface area (Å²) < 4.78 is 0. The first-order chi connectivity index (χ1) is 7.09. The minimum absolute atomic E-state index is 0.0654. The summed E-state index contributed by atoms with van der Waals surface area (Å²) in [7, 11) is 0. The highest BCUT2D eigenvalue weighted by Crippen LogP contribution is 2.25. The number of hydrogen-bond acceptors (Lipinski definition) is 2. The molecule has 0 amide bonds. The van der Waals surface area contributed by atoms with Gasteiger partial charge in [0.15, 0.2) is 0 Å². The van der Waals surface area contributed by atoms with Crippen molar-refractivity contribution >= 4 is 22.5 Å². The third kappa shape index (κ3) is 1.83. The molecular formula is C12H13ClN2. The molecule has 0 aliphatic carbocycles. The average molecular weight is 221 g/mol. The Bertz CT molecular complexity index is 506. The van der Waals surface area contributed by atoms with Crippen LogP contribution >= 0.6 is 11.6 Å². The highest BCUT2D eigenvalue weighted by Gasteiger charge is 2.07. The quantitative estimate of drug-likeness (QED) is 0.802. The number of aromatic nitrogens is 1. The zero-order valence-corrected chi connectivity index (χ0v) is 9.55. The van der Waals surface area contributed by atoms with Crippen LogP contribution in [0.2, 0.25) is 5.02 Å². The van der Waals surface area contributed by atoms with Gasteiger partial charge in [0.25, 0.3) is 0 Å². The Kier molecular flexibility index (Phi) is 2.63. The van der Waals surface area contributed by atoms with Gasteiger partial charge in [-0.2, -0.15) is 0 Å². The van der Waals surface area contributed by atoms with E-state index in [0.29, 0.717) is 5.02 Å². The Morgan fingerprint density at radius 1 is 1.40 bits per heavy atom. The first-order valence-electron chi connectivity index (χ1n) is 4.91. The van der Waals surface area contributed by atoms with E-state index < -0.39 is 0 Å². The van der Waals surface area contributed by atoms with E-state index in [0.717, 1.165) is 22.2 Å². The molecular weight excluding hydrogens is 208 g/mol. The molecule has 1 aromatic heterocycles.